The van der Waals surface area contributed by atoms with Crippen LogP contribution in [-0.4, -0.2) is 58.3 Å². The third kappa shape index (κ3) is 2.68. The van der Waals surface area contributed by atoms with Crippen molar-refractivity contribution < 1.29 is 0 Å². The van der Waals surface area contributed by atoms with Crippen molar-refractivity contribution >= 4 is 27.6 Å². The van der Waals surface area contributed by atoms with Gasteiger partial charge in [-0.05, 0) is 51.2 Å². The summed E-state index contributed by atoms with van der Waals surface area (Å²) in [5.41, 5.74) is 6.41. The smallest absolute Gasteiger partial charge is 0.157 e. The molecule has 2 aromatic carbocycles. The van der Waals surface area contributed by atoms with Gasteiger partial charge >= 0.3 is 0 Å². The number of aromatic amines is 2. The van der Waals surface area contributed by atoms with Crippen molar-refractivity contribution in [3.63, 3.8) is 0 Å². The lowest BCUT2D eigenvalue weighted by Gasteiger charge is -2.21. The lowest BCUT2D eigenvalue weighted by molar-refractivity contribution is 0.315. The highest BCUT2D eigenvalue weighted by molar-refractivity contribution is 5.94. The van der Waals surface area contributed by atoms with Crippen molar-refractivity contribution in [2.24, 2.45) is 0 Å². The Morgan fingerprint density at radius 2 is 2.07 bits per heavy atom. The Kier molecular flexibility index (Phi) is 3.68. The molecule has 2 aromatic heterocycles. The maximum Gasteiger partial charge on any atom is 0.157 e. The molecule has 0 spiro atoms. The molecule has 0 saturated carbocycles. The first kappa shape index (κ1) is 16.3. The molecular formula is C21H24N6. The van der Waals surface area contributed by atoms with Gasteiger partial charge in [-0.25, -0.2) is 4.98 Å². The van der Waals surface area contributed by atoms with Crippen LogP contribution in [-0.2, 0) is 0 Å². The number of nitrogens with zero attached hydrogens (tertiary/aromatic N) is 4. The molecule has 3 heterocycles. The summed E-state index contributed by atoms with van der Waals surface area (Å²) in [6, 6.07) is 13.4. The Morgan fingerprint density at radius 3 is 2.89 bits per heavy atom. The molecule has 0 amide bonds. The van der Waals surface area contributed by atoms with Crippen molar-refractivity contribution in [3.8, 4) is 11.5 Å². The monoisotopic (exact) mass is 360 g/mol. The zero-order valence-electron chi connectivity index (χ0n) is 16.0. The zero-order chi connectivity index (χ0) is 18.5. The third-order valence-electron chi connectivity index (χ3n) is 5.75. The molecule has 1 atom stereocenters. The molecule has 0 radical (unpaired) electrons. The fraction of sp³-hybridized carbons (Fsp3) is 0.333. The number of rotatable bonds is 3. The summed E-state index contributed by atoms with van der Waals surface area (Å²) in [6.07, 6.45) is 1.21. The predicted molar refractivity (Wildman–Crippen MR) is 110 cm³/mol. The minimum atomic E-state index is 0.623. The molecule has 5 rings (SSSR count). The molecule has 27 heavy (non-hydrogen) atoms. The molecule has 6 nitrogen and oxygen atoms in total. The van der Waals surface area contributed by atoms with Gasteiger partial charge in [-0.1, -0.05) is 18.2 Å². The van der Waals surface area contributed by atoms with Gasteiger partial charge in [0.15, 0.2) is 5.82 Å². The number of imidazole rings is 1. The van der Waals surface area contributed by atoms with Crippen molar-refractivity contribution in [2.45, 2.75) is 19.4 Å². The summed E-state index contributed by atoms with van der Waals surface area (Å²) < 4.78 is 0. The van der Waals surface area contributed by atoms with E-state index >= 15 is 0 Å². The number of H-pyrrole nitrogens is 2. The van der Waals surface area contributed by atoms with Gasteiger partial charge in [0.1, 0.15) is 5.69 Å². The van der Waals surface area contributed by atoms with Crippen LogP contribution >= 0.6 is 0 Å². The maximum atomic E-state index is 4.79. The van der Waals surface area contributed by atoms with Crippen LogP contribution < -0.4 is 4.90 Å². The van der Waals surface area contributed by atoms with E-state index in [9.17, 15) is 0 Å². The lowest BCUT2D eigenvalue weighted by atomic mass is 10.1. The Morgan fingerprint density at radius 1 is 1.19 bits per heavy atom. The van der Waals surface area contributed by atoms with Gasteiger partial charge in [0.2, 0.25) is 0 Å². The van der Waals surface area contributed by atoms with Gasteiger partial charge in [0.05, 0.1) is 16.6 Å². The van der Waals surface area contributed by atoms with Gasteiger partial charge in [-0.15, -0.1) is 0 Å². The van der Waals surface area contributed by atoms with E-state index in [-0.39, 0.29) is 0 Å². The second-order valence-corrected chi connectivity index (χ2v) is 7.71. The molecule has 2 N–H and O–H groups in total. The van der Waals surface area contributed by atoms with Gasteiger partial charge in [-0.3, -0.25) is 5.10 Å². The second kappa shape index (κ2) is 6.09. The number of benzene rings is 2. The largest absolute Gasteiger partial charge is 0.370 e. The van der Waals surface area contributed by atoms with E-state index in [0.717, 1.165) is 52.1 Å². The molecule has 1 aliphatic rings. The van der Waals surface area contributed by atoms with Crippen molar-refractivity contribution in [1.82, 2.24) is 25.1 Å². The van der Waals surface area contributed by atoms with E-state index in [2.05, 4.69) is 82.4 Å². The van der Waals surface area contributed by atoms with Crippen LogP contribution in [0.25, 0.3) is 33.5 Å². The van der Waals surface area contributed by atoms with Crippen molar-refractivity contribution in [1.29, 1.82) is 0 Å². The molecular weight excluding hydrogens is 336 g/mol. The van der Waals surface area contributed by atoms with Crippen LogP contribution in [0.1, 0.15) is 12.0 Å². The summed E-state index contributed by atoms with van der Waals surface area (Å²) in [5.74, 6) is 0.836. The van der Waals surface area contributed by atoms with Crippen molar-refractivity contribution in [3.05, 3.63) is 42.0 Å². The number of anilines is 1. The molecule has 1 aliphatic heterocycles. The van der Waals surface area contributed by atoms with Crippen LogP contribution in [0.2, 0.25) is 0 Å². The van der Waals surface area contributed by atoms with E-state index in [0.29, 0.717) is 6.04 Å². The average Bonchev–Trinajstić information content (AvgIpc) is 3.38. The maximum absolute atomic E-state index is 4.79. The minimum Gasteiger partial charge on any atom is -0.370 e. The molecule has 1 fully saturated rings. The van der Waals surface area contributed by atoms with E-state index in [1.807, 2.05) is 0 Å². The van der Waals surface area contributed by atoms with E-state index < -0.39 is 0 Å². The van der Waals surface area contributed by atoms with E-state index in [1.54, 1.807) is 0 Å². The summed E-state index contributed by atoms with van der Waals surface area (Å²) in [7, 11) is 4.32. The Balaban J connectivity index is 1.52. The molecule has 4 aromatic rings. The number of hydrogen-bond acceptors (Lipinski definition) is 4. The minimum absolute atomic E-state index is 0.623. The van der Waals surface area contributed by atoms with Crippen LogP contribution in [0.4, 0.5) is 5.69 Å². The molecule has 138 valence electrons. The number of para-hydroxylation sites is 1. The first-order valence-corrected chi connectivity index (χ1v) is 9.45. The summed E-state index contributed by atoms with van der Waals surface area (Å²) in [4.78, 5) is 13.1. The Bertz CT molecular complexity index is 1120. The first-order valence-electron chi connectivity index (χ1n) is 9.45. The molecule has 1 unspecified atom stereocenters. The second-order valence-electron chi connectivity index (χ2n) is 7.71. The highest BCUT2D eigenvalue weighted by Crippen LogP contribution is 2.30. The van der Waals surface area contributed by atoms with Crippen LogP contribution in [0.3, 0.4) is 0 Å². The number of nitrogens with one attached hydrogen (secondary N) is 2. The Hall–Kier alpha value is -2.86. The molecule has 0 aliphatic carbocycles. The number of aryl methyl sites for hydroxylation is 1. The average molecular weight is 360 g/mol. The van der Waals surface area contributed by atoms with Gasteiger partial charge in [0.25, 0.3) is 0 Å². The number of likely N-dealkylation sites (N-methyl/N-ethyl adjacent to an activating group) is 1. The molecule has 0 bridgehead atoms. The number of aromatic nitrogens is 4. The SMILES string of the molecule is Cc1cccc2c(-c3nc4ccc(N5CCC(N(C)C)C5)cc4[nH]3)[nH]nc12. The first-order chi connectivity index (χ1) is 13.1. The van der Waals surface area contributed by atoms with Crippen LogP contribution in [0, 0.1) is 6.92 Å². The standard InChI is InChI=1S/C21H24N6/c1-13-5-4-6-16-19(13)24-25-20(16)21-22-17-8-7-14(11-18(17)23-21)27-10-9-15(12-27)26(2)3/h4-8,11,15H,9-10,12H2,1-3H3,(H,22,23)(H,24,25). The summed E-state index contributed by atoms with van der Waals surface area (Å²) in [6.45, 7) is 4.25. The predicted octanol–water partition coefficient (Wildman–Crippen LogP) is 3.55. The van der Waals surface area contributed by atoms with E-state index in [4.69, 9.17) is 4.98 Å². The topological polar surface area (TPSA) is 63.8 Å². The highest BCUT2D eigenvalue weighted by atomic mass is 15.2. The lowest BCUT2D eigenvalue weighted by Crippen LogP contribution is -2.31. The normalized spacial score (nSPS) is 17.6. The Labute approximate surface area is 158 Å². The molecule has 6 heteroatoms. The van der Waals surface area contributed by atoms with Crippen LogP contribution in [0.15, 0.2) is 36.4 Å². The van der Waals surface area contributed by atoms with Gasteiger partial charge in [-0.2, -0.15) is 5.10 Å². The van der Waals surface area contributed by atoms with Crippen LogP contribution in [0.5, 0.6) is 0 Å². The fourth-order valence-electron chi connectivity index (χ4n) is 4.07. The highest BCUT2D eigenvalue weighted by Gasteiger charge is 2.24. The van der Waals surface area contributed by atoms with Gasteiger partial charge in [0, 0.05) is 30.2 Å². The van der Waals surface area contributed by atoms with Crippen molar-refractivity contribution in [2.75, 3.05) is 32.1 Å². The number of fused-ring (bicyclic) bond motifs is 2. The third-order valence-corrected chi connectivity index (χ3v) is 5.75. The quantitative estimate of drug-likeness (QED) is 0.586. The molecule has 1 saturated heterocycles. The van der Waals surface area contributed by atoms with Gasteiger partial charge < -0.3 is 14.8 Å². The summed E-state index contributed by atoms with van der Waals surface area (Å²) >= 11 is 0. The van der Waals surface area contributed by atoms with E-state index in [1.165, 1.54) is 12.1 Å². The number of hydrogen-bond donors (Lipinski definition) is 2. The summed E-state index contributed by atoms with van der Waals surface area (Å²) in [5, 5.41) is 8.73. The fourth-order valence-corrected chi connectivity index (χ4v) is 4.07. The zero-order valence-corrected chi connectivity index (χ0v) is 16.0.